The molecular formula is C15H15ClN4O4S. The fourth-order valence-electron chi connectivity index (χ4n) is 2.29. The molecule has 1 amide bonds. The normalized spacial score (nSPS) is 15.7. The molecule has 0 radical (unpaired) electrons. The van der Waals surface area contributed by atoms with Crippen LogP contribution in [-0.4, -0.2) is 54.9 Å². The molecule has 1 fully saturated rings. The lowest BCUT2D eigenvalue weighted by molar-refractivity contribution is 0.0730. The molecule has 1 saturated heterocycles. The fraction of sp³-hybridized carbons (Fsp3) is 0.267. The van der Waals surface area contributed by atoms with E-state index in [0.717, 1.165) is 0 Å². The van der Waals surface area contributed by atoms with Gasteiger partial charge in [-0.25, -0.2) is 18.4 Å². The molecule has 0 bridgehead atoms. The molecule has 1 aliphatic rings. The summed E-state index contributed by atoms with van der Waals surface area (Å²) in [6.45, 7) is 1.40. The standard InChI is InChI=1S/C15H15ClN4O4S/c16-15-17-9-12(10-18-15)19-14(21)11-1-3-13(4-2-11)25(22,23)20-5-7-24-8-6-20/h1-4,9-10H,5-8H2,(H,19,21). The van der Waals surface area contributed by atoms with Crippen molar-refractivity contribution in [3.05, 3.63) is 47.5 Å². The van der Waals surface area contributed by atoms with Crippen molar-refractivity contribution < 1.29 is 17.9 Å². The van der Waals surface area contributed by atoms with E-state index >= 15 is 0 Å². The first-order valence-corrected chi connectivity index (χ1v) is 9.25. The Kier molecular flexibility index (Phi) is 5.28. The second-order valence-corrected chi connectivity index (χ2v) is 7.51. The van der Waals surface area contributed by atoms with E-state index in [0.29, 0.717) is 37.6 Å². The monoisotopic (exact) mass is 382 g/mol. The highest BCUT2D eigenvalue weighted by molar-refractivity contribution is 7.89. The third kappa shape index (κ3) is 4.13. The van der Waals surface area contributed by atoms with Crippen molar-refractivity contribution in [1.29, 1.82) is 0 Å². The molecule has 1 N–H and O–H groups in total. The maximum absolute atomic E-state index is 12.5. The van der Waals surface area contributed by atoms with E-state index < -0.39 is 15.9 Å². The third-order valence-corrected chi connectivity index (χ3v) is 5.71. The Balaban J connectivity index is 1.73. The zero-order valence-electron chi connectivity index (χ0n) is 13.1. The van der Waals surface area contributed by atoms with Gasteiger partial charge in [0, 0.05) is 18.7 Å². The molecule has 3 rings (SSSR count). The summed E-state index contributed by atoms with van der Waals surface area (Å²) < 4.78 is 31.6. The number of halogens is 1. The Labute approximate surface area is 149 Å². The van der Waals surface area contributed by atoms with Crippen LogP contribution in [0.4, 0.5) is 5.69 Å². The van der Waals surface area contributed by atoms with Crippen LogP contribution in [0.5, 0.6) is 0 Å². The zero-order chi connectivity index (χ0) is 17.9. The van der Waals surface area contributed by atoms with Gasteiger partial charge in [0.1, 0.15) is 0 Å². The average molecular weight is 383 g/mol. The summed E-state index contributed by atoms with van der Waals surface area (Å²) in [6, 6.07) is 5.75. The van der Waals surface area contributed by atoms with Gasteiger partial charge in [-0.2, -0.15) is 4.31 Å². The lowest BCUT2D eigenvalue weighted by atomic mass is 10.2. The summed E-state index contributed by atoms with van der Waals surface area (Å²) in [5.74, 6) is -0.402. The Morgan fingerprint density at radius 2 is 1.72 bits per heavy atom. The Morgan fingerprint density at radius 3 is 2.32 bits per heavy atom. The van der Waals surface area contributed by atoms with Crippen LogP contribution >= 0.6 is 11.6 Å². The van der Waals surface area contributed by atoms with Crippen molar-refractivity contribution in [2.45, 2.75) is 4.90 Å². The molecule has 2 heterocycles. The molecule has 1 aromatic heterocycles. The number of benzene rings is 1. The topological polar surface area (TPSA) is 101 Å². The number of hydrogen-bond donors (Lipinski definition) is 1. The fourth-order valence-corrected chi connectivity index (χ4v) is 3.80. The minimum absolute atomic E-state index is 0.0793. The van der Waals surface area contributed by atoms with Crippen LogP contribution in [0, 0.1) is 0 Å². The number of hydrogen-bond acceptors (Lipinski definition) is 6. The molecule has 2 aromatic rings. The number of carbonyl (C=O) groups excluding carboxylic acids is 1. The number of nitrogens with one attached hydrogen (secondary N) is 1. The molecule has 10 heteroatoms. The number of carbonyl (C=O) groups is 1. The molecule has 0 atom stereocenters. The summed E-state index contributed by atoms with van der Waals surface area (Å²) >= 11 is 5.59. The van der Waals surface area contributed by atoms with Crippen molar-refractivity contribution in [2.75, 3.05) is 31.6 Å². The SMILES string of the molecule is O=C(Nc1cnc(Cl)nc1)c1ccc(S(=O)(=O)N2CCOCC2)cc1. The maximum atomic E-state index is 12.5. The van der Waals surface area contributed by atoms with E-state index in [4.69, 9.17) is 16.3 Å². The van der Waals surface area contributed by atoms with Crippen LogP contribution in [0.3, 0.4) is 0 Å². The predicted molar refractivity (Wildman–Crippen MR) is 91.0 cm³/mol. The number of ether oxygens (including phenoxy) is 1. The number of anilines is 1. The van der Waals surface area contributed by atoms with Gasteiger partial charge in [-0.05, 0) is 35.9 Å². The summed E-state index contributed by atoms with van der Waals surface area (Å²) in [4.78, 5) is 19.9. The van der Waals surface area contributed by atoms with E-state index in [9.17, 15) is 13.2 Å². The van der Waals surface area contributed by atoms with Gasteiger partial charge >= 0.3 is 0 Å². The smallest absolute Gasteiger partial charge is 0.255 e. The number of aromatic nitrogens is 2. The first-order valence-electron chi connectivity index (χ1n) is 7.44. The lowest BCUT2D eigenvalue weighted by Gasteiger charge is -2.26. The molecule has 1 aromatic carbocycles. The number of nitrogens with zero attached hydrogens (tertiary/aromatic N) is 3. The number of rotatable bonds is 4. The number of amides is 1. The highest BCUT2D eigenvalue weighted by Gasteiger charge is 2.26. The Bertz CT molecular complexity index is 850. The molecule has 25 heavy (non-hydrogen) atoms. The second kappa shape index (κ2) is 7.44. The largest absolute Gasteiger partial charge is 0.379 e. The summed E-state index contributed by atoms with van der Waals surface area (Å²) in [5.41, 5.74) is 0.704. The van der Waals surface area contributed by atoms with Gasteiger partial charge in [0.05, 0.1) is 36.2 Å². The molecule has 0 saturated carbocycles. The van der Waals surface area contributed by atoms with E-state index in [1.165, 1.54) is 41.0 Å². The molecule has 132 valence electrons. The Hall–Kier alpha value is -2.07. The molecule has 0 aliphatic carbocycles. The first kappa shape index (κ1) is 17.7. The molecule has 0 unspecified atom stereocenters. The molecule has 0 spiro atoms. The van der Waals surface area contributed by atoms with Gasteiger partial charge in [0.25, 0.3) is 5.91 Å². The predicted octanol–water partition coefficient (Wildman–Crippen LogP) is 1.40. The Morgan fingerprint density at radius 1 is 1.12 bits per heavy atom. The van der Waals surface area contributed by atoms with Gasteiger partial charge in [-0.3, -0.25) is 4.79 Å². The molecule has 1 aliphatic heterocycles. The minimum Gasteiger partial charge on any atom is -0.379 e. The van der Waals surface area contributed by atoms with Gasteiger partial charge in [-0.1, -0.05) is 0 Å². The van der Waals surface area contributed by atoms with Crippen molar-refractivity contribution in [2.24, 2.45) is 0 Å². The highest BCUT2D eigenvalue weighted by atomic mass is 35.5. The zero-order valence-corrected chi connectivity index (χ0v) is 14.6. The van der Waals surface area contributed by atoms with E-state index in [-0.39, 0.29) is 10.2 Å². The average Bonchev–Trinajstić information content (AvgIpc) is 2.64. The van der Waals surface area contributed by atoms with E-state index in [1.54, 1.807) is 0 Å². The summed E-state index contributed by atoms with van der Waals surface area (Å²) in [6.07, 6.45) is 2.76. The van der Waals surface area contributed by atoms with Crippen molar-refractivity contribution in [1.82, 2.24) is 14.3 Å². The maximum Gasteiger partial charge on any atom is 0.255 e. The lowest BCUT2D eigenvalue weighted by Crippen LogP contribution is -2.40. The minimum atomic E-state index is -3.58. The van der Waals surface area contributed by atoms with Crippen LogP contribution in [0.1, 0.15) is 10.4 Å². The van der Waals surface area contributed by atoms with Crippen molar-refractivity contribution in [3.63, 3.8) is 0 Å². The highest BCUT2D eigenvalue weighted by Crippen LogP contribution is 2.18. The second-order valence-electron chi connectivity index (χ2n) is 5.24. The number of sulfonamides is 1. The first-order chi connectivity index (χ1) is 12.0. The van der Waals surface area contributed by atoms with Gasteiger partial charge < -0.3 is 10.1 Å². The van der Waals surface area contributed by atoms with Crippen LogP contribution in [0.2, 0.25) is 5.28 Å². The van der Waals surface area contributed by atoms with E-state index in [2.05, 4.69) is 15.3 Å². The van der Waals surface area contributed by atoms with Crippen LogP contribution in [0.15, 0.2) is 41.6 Å². The summed E-state index contributed by atoms with van der Waals surface area (Å²) in [5, 5.41) is 2.69. The van der Waals surface area contributed by atoms with Crippen molar-refractivity contribution >= 4 is 33.2 Å². The van der Waals surface area contributed by atoms with Gasteiger partial charge in [0.15, 0.2) is 0 Å². The third-order valence-electron chi connectivity index (χ3n) is 3.60. The van der Waals surface area contributed by atoms with Crippen LogP contribution in [-0.2, 0) is 14.8 Å². The quantitative estimate of drug-likeness (QED) is 0.802. The van der Waals surface area contributed by atoms with Crippen molar-refractivity contribution in [3.8, 4) is 0 Å². The molecular weight excluding hydrogens is 368 g/mol. The van der Waals surface area contributed by atoms with Crippen LogP contribution < -0.4 is 5.32 Å². The van der Waals surface area contributed by atoms with Gasteiger partial charge in [-0.15, -0.1) is 0 Å². The van der Waals surface area contributed by atoms with E-state index in [1.807, 2.05) is 0 Å². The molecule has 8 nitrogen and oxygen atoms in total. The van der Waals surface area contributed by atoms with Crippen LogP contribution in [0.25, 0.3) is 0 Å². The summed E-state index contributed by atoms with van der Waals surface area (Å²) in [7, 11) is -3.58. The number of morpholine rings is 1. The van der Waals surface area contributed by atoms with Gasteiger partial charge in [0.2, 0.25) is 15.3 Å².